The number of nitrogens with one attached hydrogen (secondary N) is 3. The SMILES string of the molecule is C[C@@H](NC(=O)c1ccc2c(n1)N(C(=O)Nc1ncc3[nH]cnc3n1)[C@H]1CCN2C1)C(F)(F)F. The molecule has 0 spiro atoms. The van der Waals surface area contributed by atoms with E-state index in [1.54, 1.807) is 6.07 Å². The Morgan fingerprint density at radius 1 is 1.24 bits per heavy atom. The second-order valence-corrected chi connectivity index (χ2v) is 7.80. The fraction of sp³-hybridized carbons (Fsp3) is 0.368. The summed E-state index contributed by atoms with van der Waals surface area (Å²) in [4.78, 5) is 48.4. The molecule has 2 bridgehead atoms. The quantitative estimate of drug-likeness (QED) is 0.544. The molecule has 1 saturated heterocycles. The highest BCUT2D eigenvalue weighted by Gasteiger charge is 2.41. The molecule has 0 aromatic carbocycles. The fourth-order valence-corrected chi connectivity index (χ4v) is 3.90. The van der Waals surface area contributed by atoms with E-state index in [0.717, 1.165) is 6.92 Å². The maximum Gasteiger partial charge on any atom is 0.408 e. The first-order chi connectivity index (χ1) is 15.7. The summed E-state index contributed by atoms with van der Waals surface area (Å²) in [6.45, 7) is 2.09. The Hall–Kier alpha value is -3.97. The Morgan fingerprint density at radius 3 is 2.85 bits per heavy atom. The smallest absolute Gasteiger partial charge is 0.366 e. The molecule has 0 unspecified atom stereocenters. The van der Waals surface area contributed by atoms with Crippen LogP contribution in [0.25, 0.3) is 11.2 Å². The summed E-state index contributed by atoms with van der Waals surface area (Å²) in [7, 11) is 0. The van der Waals surface area contributed by atoms with E-state index in [4.69, 9.17) is 0 Å². The number of anilines is 3. The Bertz CT molecular complexity index is 1240. The van der Waals surface area contributed by atoms with Gasteiger partial charge >= 0.3 is 12.2 Å². The number of alkyl halides is 3. The van der Waals surface area contributed by atoms with Crippen LogP contribution in [0.2, 0.25) is 0 Å². The number of pyridine rings is 1. The largest absolute Gasteiger partial charge is 0.408 e. The van der Waals surface area contributed by atoms with Gasteiger partial charge in [-0.3, -0.25) is 15.0 Å². The number of aromatic nitrogens is 5. The van der Waals surface area contributed by atoms with Crippen molar-refractivity contribution in [2.75, 3.05) is 28.2 Å². The number of hydrogen-bond acceptors (Lipinski definition) is 7. The van der Waals surface area contributed by atoms with Crippen molar-refractivity contribution < 1.29 is 22.8 Å². The summed E-state index contributed by atoms with van der Waals surface area (Å²) in [5, 5.41) is 4.51. The summed E-state index contributed by atoms with van der Waals surface area (Å²) in [6, 6.07) is 0.0960. The maximum absolute atomic E-state index is 13.2. The molecular weight excluding hydrogens is 443 g/mol. The van der Waals surface area contributed by atoms with Gasteiger partial charge in [0.15, 0.2) is 11.5 Å². The van der Waals surface area contributed by atoms with Gasteiger partial charge < -0.3 is 15.2 Å². The van der Waals surface area contributed by atoms with Crippen LogP contribution in [0.3, 0.4) is 0 Å². The second-order valence-electron chi connectivity index (χ2n) is 7.80. The summed E-state index contributed by atoms with van der Waals surface area (Å²) >= 11 is 0. The third kappa shape index (κ3) is 3.76. The Kier molecular flexibility index (Phi) is 4.79. The van der Waals surface area contributed by atoms with E-state index in [1.807, 2.05) is 10.2 Å². The number of carbonyl (C=O) groups excluding carboxylic acids is 2. The van der Waals surface area contributed by atoms with Crippen molar-refractivity contribution in [1.29, 1.82) is 0 Å². The molecule has 11 nitrogen and oxygen atoms in total. The van der Waals surface area contributed by atoms with Gasteiger partial charge in [0.05, 0.1) is 24.3 Å². The fourth-order valence-electron chi connectivity index (χ4n) is 3.90. The topological polar surface area (TPSA) is 132 Å². The first-order valence-electron chi connectivity index (χ1n) is 10.1. The average Bonchev–Trinajstić information content (AvgIpc) is 3.40. The van der Waals surface area contributed by atoms with Crippen LogP contribution in [0.4, 0.5) is 35.4 Å². The van der Waals surface area contributed by atoms with Gasteiger partial charge in [-0.1, -0.05) is 0 Å². The maximum atomic E-state index is 13.2. The number of urea groups is 1. The van der Waals surface area contributed by atoms with Crippen molar-refractivity contribution in [3.8, 4) is 0 Å². The number of amides is 3. The third-order valence-electron chi connectivity index (χ3n) is 5.64. The van der Waals surface area contributed by atoms with E-state index in [9.17, 15) is 22.8 Å². The van der Waals surface area contributed by atoms with E-state index < -0.39 is 24.2 Å². The molecule has 3 N–H and O–H groups in total. The molecule has 1 fully saturated rings. The number of hydrogen-bond donors (Lipinski definition) is 3. The summed E-state index contributed by atoms with van der Waals surface area (Å²) in [5.74, 6) is -0.757. The number of rotatable bonds is 3. The first-order valence-corrected chi connectivity index (χ1v) is 10.1. The van der Waals surface area contributed by atoms with Crippen LogP contribution in [0.15, 0.2) is 24.7 Å². The van der Waals surface area contributed by atoms with Crippen molar-refractivity contribution in [2.45, 2.75) is 31.6 Å². The Morgan fingerprint density at radius 2 is 2.06 bits per heavy atom. The van der Waals surface area contributed by atoms with Crippen molar-refractivity contribution in [3.05, 3.63) is 30.4 Å². The summed E-state index contributed by atoms with van der Waals surface area (Å²) in [6.07, 6.45) is -0.990. The molecule has 2 aliphatic rings. The lowest BCUT2D eigenvalue weighted by atomic mass is 10.1. The highest BCUT2D eigenvalue weighted by molar-refractivity contribution is 6.04. The van der Waals surface area contributed by atoms with Gasteiger partial charge in [-0.15, -0.1) is 0 Å². The molecule has 3 amide bonds. The number of H-pyrrole nitrogens is 1. The molecular formula is C19H18F3N9O2. The third-order valence-corrected chi connectivity index (χ3v) is 5.64. The Labute approximate surface area is 184 Å². The molecule has 2 aliphatic heterocycles. The van der Waals surface area contributed by atoms with Crippen LogP contribution in [0.5, 0.6) is 0 Å². The van der Waals surface area contributed by atoms with Gasteiger partial charge in [0.2, 0.25) is 5.95 Å². The summed E-state index contributed by atoms with van der Waals surface area (Å²) < 4.78 is 38.5. The van der Waals surface area contributed by atoms with Crippen LogP contribution in [-0.4, -0.2) is 68.2 Å². The zero-order valence-corrected chi connectivity index (χ0v) is 17.2. The molecule has 33 heavy (non-hydrogen) atoms. The molecule has 3 aromatic rings. The first kappa shape index (κ1) is 20.9. The normalized spacial score (nSPS) is 18.2. The molecule has 0 aliphatic carbocycles. The van der Waals surface area contributed by atoms with E-state index in [1.165, 1.54) is 23.5 Å². The number of imidazole rings is 1. The number of fused-ring (bicyclic) bond motifs is 5. The van der Waals surface area contributed by atoms with Gasteiger partial charge in [0, 0.05) is 13.1 Å². The standard InChI is InChI=1S/C19H18F3N9O2/c1-9(19(20,21)22)26-16(32)11-2-3-13-15(27-11)31(10-4-5-30(13)7-10)18(33)29-17-23-6-12-14(28-17)25-8-24-12/h2-3,6,8-10H,4-5,7H2,1H3,(H,26,32)(H2,23,24,25,28,29,33)/t9-,10+/m1/s1. The molecule has 3 aromatic heterocycles. The lowest BCUT2D eigenvalue weighted by Gasteiger charge is -2.35. The molecule has 5 rings (SSSR count). The van der Waals surface area contributed by atoms with Crippen molar-refractivity contribution in [1.82, 2.24) is 30.2 Å². The number of halogens is 3. The molecule has 2 atom stereocenters. The zero-order valence-electron chi connectivity index (χ0n) is 17.2. The van der Waals surface area contributed by atoms with Gasteiger partial charge in [0.25, 0.3) is 5.91 Å². The number of nitrogens with zero attached hydrogens (tertiary/aromatic N) is 6. The lowest BCUT2D eigenvalue weighted by molar-refractivity contribution is -0.149. The number of carbonyl (C=O) groups is 2. The highest BCUT2D eigenvalue weighted by Crippen LogP contribution is 2.39. The van der Waals surface area contributed by atoms with Crippen LogP contribution >= 0.6 is 0 Å². The van der Waals surface area contributed by atoms with Crippen molar-refractivity contribution >= 4 is 40.6 Å². The lowest BCUT2D eigenvalue weighted by Crippen LogP contribution is -2.49. The summed E-state index contributed by atoms with van der Waals surface area (Å²) in [5.41, 5.74) is 1.37. The van der Waals surface area contributed by atoms with E-state index in [0.29, 0.717) is 36.4 Å². The van der Waals surface area contributed by atoms with Gasteiger partial charge in [-0.2, -0.15) is 18.2 Å². The number of aromatic amines is 1. The van der Waals surface area contributed by atoms with Crippen LogP contribution in [0.1, 0.15) is 23.8 Å². The average molecular weight is 461 g/mol. The predicted molar refractivity (Wildman–Crippen MR) is 111 cm³/mol. The minimum absolute atomic E-state index is 0.0366. The molecule has 5 heterocycles. The van der Waals surface area contributed by atoms with Gasteiger partial charge in [-0.25, -0.2) is 19.7 Å². The van der Waals surface area contributed by atoms with Crippen molar-refractivity contribution in [2.24, 2.45) is 0 Å². The van der Waals surface area contributed by atoms with E-state index in [2.05, 4.69) is 30.2 Å². The highest BCUT2D eigenvalue weighted by atomic mass is 19.4. The monoisotopic (exact) mass is 461 g/mol. The van der Waals surface area contributed by atoms with E-state index in [-0.39, 0.29) is 23.5 Å². The van der Waals surface area contributed by atoms with Crippen LogP contribution in [-0.2, 0) is 0 Å². The Balaban J connectivity index is 1.43. The molecule has 0 radical (unpaired) electrons. The molecule has 172 valence electrons. The van der Waals surface area contributed by atoms with Crippen LogP contribution < -0.4 is 20.4 Å². The van der Waals surface area contributed by atoms with Crippen molar-refractivity contribution in [3.63, 3.8) is 0 Å². The minimum Gasteiger partial charge on any atom is -0.366 e. The predicted octanol–water partition coefficient (Wildman–Crippen LogP) is 2.06. The molecule has 14 heteroatoms. The van der Waals surface area contributed by atoms with Gasteiger partial charge in [-0.05, 0) is 25.5 Å². The van der Waals surface area contributed by atoms with Crippen LogP contribution in [0, 0.1) is 0 Å². The van der Waals surface area contributed by atoms with E-state index >= 15 is 0 Å². The zero-order chi connectivity index (χ0) is 23.3. The molecule has 0 saturated carbocycles. The second kappa shape index (κ2) is 7.56. The minimum atomic E-state index is -4.59. The van der Waals surface area contributed by atoms with Gasteiger partial charge in [0.1, 0.15) is 17.3 Å².